The molecule has 2 heterocycles. The van der Waals surface area contributed by atoms with Gasteiger partial charge in [-0.15, -0.1) is 24.0 Å². The van der Waals surface area contributed by atoms with Crippen molar-refractivity contribution in [1.29, 1.82) is 0 Å². The Balaban J connectivity index is 0.00000243. The van der Waals surface area contributed by atoms with Gasteiger partial charge in [0.05, 0.1) is 0 Å². The molecule has 0 aromatic rings. The van der Waals surface area contributed by atoms with Crippen molar-refractivity contribution in [1.82, 2.24) is 15.1 Å². The van der Waals surface area contributed by atoms with E-state index >= 15 is 0 Å². The van der Waals surface area contributed by atoms with E-state index in [0.29, 0.717) is 0 Å². The van der Waals surface area contributed by atoms with Crippen LogP contribution in [0.25, 0.3) is 0 Å². The van der Waals surface area contributed by atoms with E-state index in [2.05, 4.69) is 22.1 Å². The summed E-state index contributed by atoms with van der Waals surface area (Å²) in [5.41, 5.74) is 0. The van der Waals surface area contributed by atoms with Crippen LogP contribution < -0.4 is 5.32 Å². The largest absolute Gasteiger partial charge is 0.368 e. The number of halogens is 1. The monoisotopic (exact) mass is 478 g/mol. The molecular weight excluding hydrogens is 443 g/mol. The third-order valence-electron chi connectivity index (χ3n) is 5.99. The van der Waals surface area contributed by atoms with E-state index in [-0.39, 0.29) is 36.0 Å². The zero-order valence-corrected chi connectivity index (χ0v) is 18.6. The average Bonchev–Trinajstić information content (AvgIpc) is 3.18. The maximum atomic E-state index is 12.4. The number of guanidine groups is 1. The summed E-state index contributed by atoms with van der Waals surface area (Å²) >= 11 is 0. The highest BCUT2D eigenvalue weighted by molar-refractivity contribution is 14.0. The van der Waals surface area contributed by atoms with Crippen LogP contribution in [0.3, 0.4) is 0 Å². The molecule has 0 aromatic heterocycles. The average molecular weight is 478 g/mol. The van der Waals surface area contributed by atoms with Gasteiger partial charge in [0, 0.05) is 46.4 Å². The summed E-state index contributed by atoms with van der Waals surface area (Å²) in [5, 5.41) is 3.57. The molecule has 3 fully saturated rings. The molecule has 0 spiro atoms. The molecule has 2 aliphatic heterocycles. The summed E-state index contributed by atoms with van der Waals surface area (Å²) in [6.45, 7) is 7.33. The third-order valence-corrected chi connectivity index (χ3v) is 5.99. The lowest BCUT2D eigenvalue weighted by molar-refractivity contribution is -0.142. The zero-order valence-electron chi connectivity index (χ0n) is 16.3. The number of ether oxygens (including phenoxy) is 1. The van der Waals surface area contributed by atoms with Crippen molar-refractivity contribution in [2.24, 2.45) is 16.8 Å². The molecule has 0 bridgehead atoms. The first-order valence-corrected chi connectivity index (χ1v) is 10.0. The Kier molecular flexibility index (Phi) is 8.93. The summed E-state index contributed by atoms with van der Waals surface area (Å²) < 4.78 is 5.54. The number of carbonyl (C=O) groups is 1. The van der Waals surface area contributed by atoms with Crippen molar-refractivity contribution >= 4 is 35.8 Å². The number of rotatable bonds is 3. The smallest absolute Gasteiger partial charge is 0.251 e. The van der Waals surface area contributed by atoms with Crippen LogP contribution in [0.4, 0.5) is 0 Å². The molecule has 6 nitrogen and oxygen atoms in total. The molecule has 3 rings (SSSR count). The summed E-state index contributed by atoms with van der Waals surface area (Å²) in [6.07, 6.45) is 7.06. The van der Waals surface area contributed by atoms with Gasteiger partial charge in [0.15, 0.2) is 5.96 Å². The fraction of sp³-hybridized carbons (Fsp3) is 0.895. The Hall–Kier alpha value is -0.570. The highest BCUT2D eigenvalue weighted by atomic mass is 127. The van der Waals surface area contributed by atoms with E-state index < -0.39 is 0 Å². The number of aliphatic imine (C=N–C) groups is 1. The quantitative estimate of drug-likeness (QED) is 0.385. The first kappa shape index (κ1) is 21.7. The second kappa shape index (κ2) is 10.7. The van der Waals surface area contributed by atoms with Crippen molar-refractivity contribution in [3.8, 4) is 0 Å². The molecule has 1 atom stereocenters. The fourth-order valence-electron chi connectivity index (χ4n) is 4.22. The van der Waals surface area contributed by atoms with Gasteiger partial charge in [-0.25, -0.2) is 0 Å². The van der Waals surface area contributed by atoms with Gasteiger partial charge in [-0.3, -0.25) is 9.79 Å². The highest BCUT2D eigenvalue weighted by Crippen LogP contribution is 2.27. The minimum atomic E-state index is -0.197. The molecule has 0 radical (unpaired) electrons. The molecule has 0 aromatic carbocycles. The van der Waals surface area contributed by atoms with Crippen molar-refractivity contribution in [3.05, 3.63) is 0 Å². The van der Waals surface area contributed by atoms with Gasteiger partial charge in [0.1, 0.15) is 6.10 Å². The molecule has 1 aliphatic carbocycles. The molecule has 150 valence electrons. The fourth-order valence-corrected chi connectivity index (χ4v) is 4.22. The van der Waals surface area contributed by atoms with Crippen LogP contribution in [0.15, 0.2) is 4.99 Å². The summed E-state index contributed by atoms with van der Waals surface area (Å²) in [6, 6.07) is 0. The van der Waals surface area contributed by atoms with Crippen molar-refractivity contribution < 1.29 is 9.53 Å². The topological polar surface area (TPSA) is 57.2 Å². The Morgan fingerprint density at radius 1 is 1.08 bits per heavy atom. The molecule has 26 heavy (non-hydrogen) atoms. The van der Waals surface area contributed by atoms with Crippen LogP contribution in [0, 0.1) is 11.8 Å². The first-order chi connectivity index (χ1) is 12.2. The maximum Gasteiger partial charge on any atom is 0.251 e. The van der Waals surface area contributed by atoms with Gasteiger partial charge < -0.3 is 19.9 Å². The van der Waals surface area contributed by atoms with Crippen LogP contribution >= 0.6 is 24.0 Å². The van der Waals surface area contributed by atoms with E-state index in [9.17, 15) is 4.79 Å². The van der Waals surface area contributed by atoms with Crippen molar-refractivity contribution in [3.63, 3.8) is 0 Å². The minimum absolute atomic E-state index is 0. The van der Waals surface area contributed by atoms with Gasteiger partial charge >= 0.3 is 0 Å². The Morgan fingerprint density at radius 3 is 2.31 bits per heavy atom. The molecule has 2 saturated heterocycles. The Labute approximate surface area is 175 Å². The standard InChI is InChI=1S/C19H34N4O2.HI/c1-15-5-7-16(8-6-15)14-21-19(20-2)23-11-9-22(10-12-23)18(24)17-4-3-13-25-17;/h15-17H,3-14H2,1-2H3,(H,20,21);1H. The Morgan fingerprint density at radius 2 is 1.73 bits per heavy atom. The van der Waals surface area contributed by atoms with Crippen LogP contribution in [0.2, 0.25) is 0 Å². The number of piperazine rings is 1. The molecule has 3 aliphatic rings. The summed E-state index contributed by atoms with van der Waals surface area (Å²) in [5.74, 6) is 2.83. The van der Waals surface area contributed by atoms with E-state index in [4.69, 9.17) is 4.74 Å². The third kappa shape index (κ3) is 5.71. The van der Waals surface area contributed by atoms with Gasteiger partial charge in [-0.1, -0.05) is 19.8 Å². The number of nitrogens with zero attached hydrogens (tertiary/aromatic N) is 3. The predicted molar refractivity (Wildman–Crippen MR) is 115 cm³/mol. The molecule has 1 amide bonds. The van der Waals surface area contributed by atoms with Crippen molar-refractivity contribution in [2.45, 2.75) is 51.6 Å². The molecule has 1 N–H and O–H groups in total. The number of amides is 1. The van der Waals surface area contributed by atoms with Gasteiger partial charge in [-0.05, 0) is 37.5 Å². The summed E-state index contributed by atoms with van der Waals surface area (Å²) in [4.78, 5) is 21.1. The van der Waals surface area contributed by atoms with Crippen LogP contribution in [0.5, 0.6) is 0 Å². The van der Waals surface area contributed by atoms with Gasteiger partial charge in [0.2, 0.25) is 0 Å². The van der Waals surface area contributed by atoms with Crippen LogP contribution in [-0.4, -0.2) is 74.1 Å². The summed E-state index contributed by atoms with van der Waals surface area (Å²) in [7, 11) is 1.86. The normalized spacial score (nSPS) is 30.1. The van der Waals surface area contributed by atoms with E-state index in [0.717, 1.165) is 70.0 Å². The second-order valence-corrected chi connectivity index (χ2v) is 7.87. The van der Waals surface area contributed by atoms with Crippen LogP contribution in [-0.2, 0) is 9.53 Å². The minimum Gasteiger partial charge on any atom is -0.368 e. The van der Waals surface area contributed by atoms with E-state index in [1.54, 1.807) is 0 Å². The van der Waals surface area contributed by atoms with Crippen molar-refractivity contribution in [2.75, 3.05) is 46.4 Å². The maximum absolute atomic E-state index is 12.4. The zero-order chi connectivity index (χ0) is 17.6. The second-order valence-electron chi connectivity index (χ2n) is 7.87. The lowest BCUT2D eigenvalue weighted by atomic mass is 9.83. The predicted octanol–water partition coefficient (Wildman–Crippen LogP) is 2.33. The van der Waals surface area contributed by atoms with Gasteiger partial charge in [-0.2, -0.15) is 0 Å². The molecular formula is C19H35IN4O2. The SMILES string of the molecule is CN=C(NCC1CCC(C)CC1)N1CCN(C(=O)C2CCCO2)CC1.I. The lowest BCUT2D eigenvalue weighted by Gasteiger charge is -2.37. The van der Waals surface area contributed by atoms with E-state index in [1.165, 1.54) is 25.7 Å². The highest BCUT2D eigenvalue weighted by Gasteiger charge is 2.31. The number of hydrogen-bond donors (Lipinski definition) is 1. The lowest BCUT2D eigenvalue weighted by Crippen LogP contribution is -2.55. The van der Waals surface area contributed by atoms with Crippen LogP contribution in [0.1, 0.15) is 45.4 Å². The molecule has 1 saturated carbocycles. The Bertz CT molecular complexity index is 466. The first-order valence-electron chi connectivity index (χ1n) is 10.0. The molecule has 7 heteroatoms. The van der Waals surface area contributed by atoms with E-state index in [1.807, 2.05) is 11.9 Å². The van der Waals surface area contributed by atoms with Gasteiger partial charge in [0.25, 0.3) is 5.91 Å². The molecule has 1 unspecified atom stereocenters. The number of nitrogens with one attached hydrogen (secondary N) is 1. The number of hydrogen-bond acceptors (Lipinski definition) is 3. The number of carbonyl (C=O) groups excluding carboxylic acids is 1.